The predicted molar refractivity (Wildman–Crippen MR) is 87.0 cm³/mol. The van der Waals surface area contributed by atoms with E-state index in [1.54, 1.807) is 0 Å². The molecular weight excluding hydrogens is 319 g/mol. The van der Waals surface area contributed by atoms with Gasteiger partial charge in [-0.3, -0.25) is 9.69 Å². The van der Waals surface area contributed by atoms with E-state index in [4.69, 9.17) is 9.31 Å². The standard InChI is InChI=1S/C16H26BF2NO4/c1-13(2,12(21)22)9-20-8-7-11(16(18,19)10-20)17-23-14(3,4)15(5,6)24-17/h7H,8-10H2,1-6H3,(H,21,22). The number of alkyl halides is 2. The molecule has 5 nitrogen and oxygen atoms in total. The molecule has 0 aromatic heterocycles. The van der Waals surface area contributed by atoms with Crippen LogP contribution in [0.5, 0.6) is 0 Å². The lowest BCUT2D eigenvalue weighted by atomic mass is 9.72. The zero-order valence-electron chi connectivity index (χ0n) is 15.2. The first-order chi connectivity index (χ1) is 10.7. The minimum atomic E-state index is -3.13. The first-order valence-electron chi connectivity index (χ1n) is 8.08. The van der Waals surface area contributed by atoms with Crippen LogP contribution in [0.1, 0.15) is 41.5 Å². The van der Waals surface area contributed by atoms with Gasteiger partial charge < -0.3 is 14.4 Å². The fourth-order valence-corrected chi connectivity index (χ4v) is 2.80. The van der Waals surface area contributed by atoms with Crippen LogP contribution < -0.4 is 0 Å². The van der Waals surface area contributed by atoms with E-state index >= 15 is 0 Å². The van der Waals surface area contributed by atoms with Gasteiger partial charge in [0.25, 0.3) is 5.92 Å². The fraction of sp³-hybridized carbons (Fsp3) is 0.812. The molecule has 24 heavy (non-hydrogen) atoms. The Morgan fingerprint density at radius 1 is 1.29 bits per heavy atom. The smallest absolute Gasteiger partial charge is 0.481 e. The SMILES string of the molecule is CC(C)(CN1CC=C(B2OC(C)(C)C(C)(C)O2)C(F)(F)C1)C(=O)O. The molecule has 0 atom stereocenters. The second-order valence-electron chi connectivity index (χ2n) is 8.31. The van der Waals surface area contributed by atoms with Gasteiger partial charge in [0.05, 0.1) is 23.2 Å². The number of carbonyl (C=O) groups is 1. The Kier molecular flexibility index (Phi) is 4.66. The minimum absolute atomic E-state index is 0.0467. The lowest BCUT2D eigenvalue weighted by molar-refractivity contribution is -0.148. The van der Waals surface area contributed by atoms with Crippen LogP contribution in [-0.2, 0) is 14.1 Å². The van der Waals surface area contributed by atoms with Crippen LogP contribution in [0.25, 0.3) is 0 Å². The van der Waals surface area contributed by atoms with Crippen LogP contribution in [-0.4, -0.2) is 59.9 Å². The number of carboxylic acid groups (broad SMARTS) is 1. The maximum Gasteiger partial charge on any atom is 0.496 e. The number of hydrogen-bond acceptors (Lipinski definition) is 4. The Labute approximate surface area is 142 Å². The second-order valence-corrected chi connectivity index (χ2v) is 8.31. The van der Waals surface area contributed by atoms with Gasteiger partial charge in [-0.25, -0.2) is 8.78 Å². The second kappa shape index (κ2) is 5.78. The number of aliphatic carboxylic acids is 1. The van der Waals surface area contributed by atoms with Gasteiger partial charge >= 0.3 is 13.1 Å². The summed E-state index contributed by atoms with van der Waals surface area (Å²) < 4.78 is 40.7. The molecule has 1 saturated heterocycles. The quantitative estimate of drug-likeness (QED) is 0.794. The van der Waals surface area contributed by atoms with Crippen molar-refractivity contribution in [1.29, 1.82) is 0 Å². The molecule has 8 heteroatoms. The van der Waals surface area contributed by atoms with E-state index in [-0.39, 0.29) is 18.6 Å². The van der Waals surface area contributed by atoms with E-state index < -0.39 is 42.2 Å². The maximum absolute atomic E-state index is 14.6. The highest BCUT2D eigenvalue weighted by Crippen LogP contribution is 2.42. The molecule has 0 aliphatic carbocycles. The summed E-state index contributed by atoms with van der Waals surface area (Å²) in [6.07, 6.45) is 1.41. The third-order valence-electron chi connectivity index (χ3n) is 5.12. The number of carboxylic acids is 1. The van der Waals surface area contributed by atoms with Gasteiger partial charge in [-0.1, -0.05) is 6.08 Å². The summed E-state index contributed by atoms with van der Waals surface area (Å²) in [4.78, 5) is 12.7. The zero-order chi connectivity index (χ0) is 18.6. The van der Waals surface area contributed by atoms with Gasteiger partial charge in [-0.2, -0.15) is 0 Å². The third-order valence-corrected chi connectivity index (χ3v) is 5.12. The van der Waals surface area contributed by atoms with E-state index in [0.29, 0.717) is 0 Å². The van der Waals surface area contributed by atoms with E-state index in [1.165, 1.54) is 24.8 Å². The predicted octanol–water partition coefficient (Wildman–Crippen LogP) is 2.61. The summed E-state index contributed by atoms with van der Waals surface area (Å²) in [6.45, 7) is 10.1. The monoisotopic (exact) mass is 345 g/mol. The van der Waals surface area contributed by atoms with Crippen LogP contribution in [0.3, 0.4) is 0 Å². The Hall–Kier alpha value is -0.985. The third kappa shape index (κ3) is 3.50. The average Bonchev–Trinajstić information content (AvgIpc) is 2.55. The maximum atomic E-state index is 14.6. The lowest BCUT2D eigenvalue weighted by Crippen LogP contribution is -2.50. The van der Waals surface area contributed by atoms with Crippen molar-refractivity contribution >= 4 is 13.1 Å². The molecule has 2 aliphatic heterocycles. The Morgan fingerprint density at radius 3 is 2.21 bits per heavy atom. The highest BCUT2D eigenvalue weighted by molar-refractivity contribution is 6.55. The Bertz CT molecular complexity index is 544. The molecule has 2 heterocycles. The highest BCUT2D eigenvalue weighted by Gasteiger charge is 2.57. The number of halogens is 2. The molecule has 0 radical (unpaired) electrons. The molecule has 0 amide bonds. The van der Waals surface area contributed by atoms with Gasteiger partial charge in [-0.15, -0.1) is 0 Å². The Morgan fingerprint density at radius 2 is 1.79 bits per heavy atom. The normalized spacial score (nSPS) is 26.3. The summed E-state index contributed by atoms with van der Waals surface area (Å²) in [5.41, 5.74) is -2.63. The number of hydrogen-bond donors (Lipinski definition) is 1. The van der Waals surface area contributed by atoms with Gasteiger partial charge in [-0.05, 0) is 41.5 Å². The van der Waals surface area contributed by atoms with Crippen LogP contribution in [0.4, 0.5) is 8.78 Å². The van der Waals surface area contributed by atoms with Crippen molar-refractivity contribution in [3.63, 3.8) is 0 Å². The van der Waals surface area contributed by atoms with Crippen molar-refractivity contribution in [2.24, 2.45) is 5.41 Å². The topological polar surface area (TPSA) is 59.0 Å². The van der Waals surface area contributed by atoms with Gasteiger partial charge in [0.1, 0.15) is 0 Å². The number of nitrogens with zero attached hydrogens (tertiary/aromatic N) is 1. The van der Waals surface area contributed by atoms with Crippen molar-refractivity contribution in [2.45, 2.75) is 58.7 Å². The van der Waals surface area contributed by atoms with Gasteiger partial charge in [0.2, 0.25) is 0 Å². The molecule has 0 saturated carbocycles. The molecule has 0 aromatic rings. The van der Waals surface area contributed by atoms with Crippen molar-refractivity contribution in [3.05, 3.63) is 11.5 Å². The van der Waals surface area contributed by atoms with Crippen LogP contribution in [0.2, 0.25) is 0 Å². The summed E-state index contributed by atoms with van der Waals surface area (Å²) in [6, 6.07) is 0. The molecule has 1 fully saturated rings. The van der Waals surface area contributed by atoms with Crippen LogP contribution in [0, 0.1) is 5.41 Å². The largest absolute Gasteiger partial charge is 0.496 e. The molecule has 2 rings (SSSR count). The van der Waals surface area contributed by atoms with Crippen molar-refractivity contribution in [3.8, 4) is 0 Å². The molecule has 2 aliphatic rings. The minimum Gasteiger partial charge on any atom is -0.481 e. The highest BCUT2D eigenvalue weighted by atomic mass is 19.3. The summed E-state index contributed by atoms with van der Waals surface area (Å²) >= 11 is 0. The van der Waals surface area contributed by atoms with Crippen molar-refractivity contribution in [2.75, 3.05) is 19.6 Å². The molecule has 0 spiro atoms. The first-order valence-corrected chi connectivity index (χ1v) is 8.08. The van der Waals surface area contributed by atoms with Crippen molar-refractivity contribution < 1.29 is 28.0 Å². The lowest BCUT2D eigenvalue weighted by Gasteiger charge is -2.36. The Balaban J connectivity index is 2.16. The van der Waals surface area contributed by atoms with Gasteiger partial charge in [0, 0.05) is 18.6 Å². The van der Waals surface area contributed by atoms with E-state index in [0.717, 1.165) is 0 Å². The zero-order valence-corrected chi connectivity index (χ0v) is 15.2. The van der Waals surface area contributed by atoms with Crippen LogP contribution >= 0.6 is 0 Å². The first kappa shape index (κ1) is 19.3. The average molecular weight is 345 g/mol. The summed E-state index contributed by atoms with van der Waals surface area (Å²) in [5.74, 6) is -4.14. The fourth-order valence-electron chi connectivity index (χ4n) is 2.80. The summed E-state index contributed by atoms with van der Waals surface area (Å²) in [5, 5.41) is 9.17. The van der Waals surface area contributed by atoms with Gasteiger partial charge in [0.15, 0.2) is 0 Å². The molecule has 1 N–H and O–H groups in total. The molecular formula is C16H26BF2NO4. The molecule has 0 unspecified atom stereocenters. The number of rotatable bonds is 4. The van der Waals surface area contributed by atoms with E-state index in [9.17, 15) is 18.7 Å². The van der Waals surface area contributed by atoms with E-state index in [2.05, 4.69) is 0 Å². The van der Waals surface area contributed by atoms with Crippen LogP contribution in [0.15, 0.2) is 11.5 Å². The van der Waals surface area contributed by atoms with E-state index in [1.807, 2.05) is 27.7 Å². The molecule has 136 valence electrons. The molecule has 0 aromatic carbocycles. The van der Waals surface area contributed by atoms with Crippen molar-refractivity contribution in [1.82, 2.24) is 4.90 Å². The molecule has 0 bridgehead atoms. The summed E-state index contributed by atoms with van der Waals surface area (Å²) in [7, 11) is -1.08.